The number of aliphatic hydroxyl groups is 4. The number of aliphatic carboxylic acids is 1. The number of aliphatic hydroxyl groups excluding tert-OH is 3. The Morgan fingerprint density at radius 3 is 2.59 bits per heavy atom. The van der Waals surface area contributed by atoms with Gasteiger partial charge >= 0.3 is 5.97 Å². The van der Waals surface area contributed by atoms with E-state index in [1.54, 1.807) is 12.1 Å². The number of nitrogens with two attached hydrogens (primary N) is 1. The van der Waals surface area contributed by atoms with Crippen LogP contribution in [0.4, 0.5) is 0 Å². The minimum Gasteiger partial charge on any atom is -0.479 e. The summed E-state index contributed by atoms with van der Waals surface area (Å²) in [6, 6.07) is 6.40. The lowest BCUT2D eigenvalue weighted by Crippen LogP contribution is -2.64. The third kappa shape index (κ3) is 4.23. The smallest absolute Gasteiger partial charge is 0.335 e. The first-order valence-corrected chi connectivity index (χ1v) is 8.77. The molecule has 152 valence electrons. The van der Waals surface area contributed by atoms with Gasteiger partial charge in [-0.25, -0.2) is 4.79 Å². The summed E-state index contributed by atoms with van der Waals surface area (Å²) >= 11 is 0. The Kier molecular flexibility index (Phi) is 6.79. The Morgan fingerprint density at radius 1 is 1.41 bits per heavy atom. The van der Waals surface area contributed by atoms with E-state index in [9.17, 15) is 25.2 Å². The molecule has 0 bridgehead atoms. The van der Waals surface area contributed by atoms with Crippen LogP contribution in [0, 0.1) is 5.92 Å². The van der Waals surface area contributed by atoms with Crippen LogP contribution in [0.1, 0.15) is 25.8 Å². The standard InChI is InChI=1S/C18H27NO8/c1-3-18(25,9(2)8-19)10-5-4-6-11(7-10)26-17(24)13(21)14-12(20)15(27-14)16(22)23/h4-7,9,12-15,17,20-21,24-25H,3,8,19H2,1-2H3,(H,22,23). The molecule has 2 rings (SSSR count). The van der Waals surface area contributed by atoms with E-state index in [-0.39, 0.29) is 18.2 Å². The van der Waals surface area contributed by atoms with Gasteiger partial charge in [-0.1, -0.05) is 26.0 Å². The van der Waals surface area contributed by atoms with Crippen LogP contribution in [0.15, 0.2) is 24.3 Å². The highest BCUT2D eigenvalue weighted by atomic mass is 16.6. The highest BCUT2D eigenvalue weighted by molar-refractivity contribution is 5.74. The number of rotatable bonds is 9. The zero-order valence-corrected chi connectivity index (χ0v) is 15.2. The molecule has 0 radical (unpaired) electrons. The lowest BCUT2D eigenvalue weighted by molar-refractivity contribution is -0.277. The van der Waals surface area contributed by atoms with E-state index >= 15 is 0 Å². The number of carboxylic acids is 1. The van der Waals surface area contributed by atoms with Gasteiger partial charge < -0.3 is 40.7 Å². The number of benzene rings is 1. The number of hydrogen-bond donors (Lipinski definition) is 6. The Labute approximate surface area is 157 Å². The van der Waals surface area contributed by atoms with Gasteiger partial charge in [-0.3, -0.25) is 0 Å². The van der Waals surface area contributed by atoms with Crippen molar-refractivity contribution in [2.75, 3.05) is 6.54 Å². The number of ether oxygens (including phenoxy) is 2. The summed E-state index contributed by atoms with van der Waals surface area (Å²) in [5.74, 6) is -1.40. The second-order valence-corrected chi connectivity index (χ2v) is 6.79. The highest BCUT2D eigenvalue weighted by Crippen LogP contribution is 2.35. The summed E-state index contributed by atoms with van der Waals surface area (Å²) in [6.07, 6.45) is -7.20. The number of carboxylic acid groups (broad SMARTS) is 1. The molecule has 27 heavy (non-hydrogen) atoms. The topological polar surface area (TPSA) is 163 Å². The lowest BCUT2D eigenvalue weighted by Gasteiger charge is -2.42. The van der Waals surface area contributed by atoms with Gasteiger partial charge in [0, 0.05) is 5.92 Å². The van der Waals surface area contributed by atoms with Crippen LogP contribution < -0.4 is 10.5 Å². The van der Waals surface area contributed by atoms with Gasteiger partial charge in [-0.15, -0.1) is 0 Å². The third-order valence-corrected chi connectivity index (χ3v) is 5.12. The zero-order valence-electron chi connectivity index (χ0n) is 15.2. The fraction of sp³-hybridized carbons (Fsp3) is 0.611. The van der Waals surface area contributed by atoms with Crippen LogP contribution in [0.3, 0.4) is 0 Å². The summed E-state index contributed by atoms with van der Waals surface area (Å²) in [7, 11) is 0. The molecular weight excluding hydrogens is 358 g/mol. The summed E-state index contributed by atoms with van der Waals surface area (Å²) in [5, 5.41) is 49.5. The fourth-order valence-corrected chi connectivity index (χ4v) is 3.14. The van der Waals surface area contributed by atoms with Crippen molar-refractivity contribution < 1.29 is 39.8 Å². The van der Waals surface area contributed by atoms with E-state index in [0.717, 1.165) is 0 Å². The van der Waals surface area contributed by atoms with Crippen molar-refractivity contribution in [1.82, 2.24) is 0 Å². The molecule has 1 aromatic rings. The molecule has 7 unspecified atom stereocenters. The van der Waals surface area contributed by atoms with Crippen LogP contribution in [0.25, 0.3) is 0 Å². The summed E-state index contributed by atoms with van der Waals surface area (Å²) in [5.41, 5.74) is 5.05. The van der Waals surface area contributed by atoms with Crippen LogP contribution in [0.2, 0.25) is 0 Å². The Hall–Kier alpha value is -1.75. The minimum absolute atomic E-state index is 0.179. The van der Waals surface area contributed by atoms with Crippen molar-refractivity contribution >= 4 is 5.97 Å². The fourth-order valence-electron chi connectivity index (χ4n) is 3.14. The van der Waals surface area contributed by atoms with Crippen LogP contribution in [-0.4, -0.2) is 68.8 Å². The van der Waals surface area contributed by atoms with Crippen LogP contribution in [-0.2, 0) is 15.1 Å². The summed E-state index contributed by atoms with van der Waals surface area (Å²) in [4.78, 5) is 10.8. The second-order valence-electron chi connectivity index (χ2n) is 6.79. The largest absolute Gasteiger partial charge is 0.479 e. The zero-order chi connectivity index (χ0) is 20.4. The molecule has 0 aromatic heterocycles. The van der Waals surface area contributed by atoms with E-state index < -0.39 is 42.3 Å². The average molecular weight is 385 g/mol. The molecule has 0 aliphatic carbocycles. The SMILES string of the molecule is CCC(O)(c1cccc(OC(O)C(O)C2OC(C(=O)O)C2O)c1)C(C)CN. The summed E-state index contributed by atoms with van der Waals surface area (Å²) < 4.78 is 10.2. The van der Waals surface area contributed by atoms with Crippen molar-refractivity contribution in [2.24, 2.45) is 11.7 Å². The molecule has 1 aliphatic heterocycles. The number of hydrogen-bond acceptors (Lipinski definition) is 8. The molecule has 1 aliphatic rings. The second kappa shape index (κ2) is 8.51. The quantitative estimate of drug-likeness (QED) is 0.297. The molecular formula is C18H27NO8. The van der Waals surface area contributed by atoms with Gasteiger partial charge in [0.05, 0.1) is 5.60 Å². The van der Waals surface area contributed by atoms with Crippen molar-refractivity contribution in [3.63, 3.8) is 0 Å². The maximum atomic E-state index is 10.9. The maximum absolute atomic E-state index is 10.9. The van der Waals surface area contributed by atoms with Crippen molar-refractivity contribution in [1.29, 1.82) is 0 Å². The minimum atomic E-state index is -1.77. The average Bonchev–Trinajstić information content (AvgIpc) is 2.65. The molecule has 1 saturated heterocycles. The van der Waals surface area contributed by atoms with E-state index in [2.05, 4.69) is 0 Å². The van der Waals surface area contributed by atoms with E-state index in [1.165, 1.54) is 12.1 Å². The molecule has 0 saturated carbocycles. The predicted octanol–water partition coefficient (Wildman–Crippen LogP) is -0.850. The Balaban J connectivity index is 2.08. The van der Waals surface area contributed by atoms with Gasteiger partial charge in [-0.2, -0.15) is 0 Å². The first-order chi connectivity index (χ1) is 12.7. The van der Waals surface area contributed by atoms with Crippen molar-refractivity contribution in [3.05, 3.63) is 29.8 Å². The van der Waals surface area contributed by atoms with Gasteiger partial charge in [0.25, 0.3) is 0 Å². The molecule has 9 heteroatoms. The van der Waals surface area contributed by atoms with E-state index in [0.29, 0.717) is 12.0 Å². The predicted molar refractivity (Wildman–Crippen MR) is 93.8 cm³/mol. The molecule has 7 atom stereocenters. The van der Waals surface area contributed by atoms with Gasteiger partial charge in [0.2, 0.25) is 6.29 Å². The molecule has 7 N–H and O–H groups in total. The van der Waals surface area contributed by atoms with E-state index in [1.807, 2.05) is 13.8 Å². The molecule has 0 amide bonds. The maximum Gasteiger partial charge on any atom is 0.335 e. The molecule has 1 fully saturated rings. The van der Waals surface area contributed by atoms with E-state index in [4.69, 9.17) is 20.3 Å². The molecule has 0 spiro atoms. The summed E-state index contributed by atoms with van der Waals surface area (Å²) in [6.45, 7) is 3.93. The Bertz CT molecular complexity index is 656. The van der Waals surface area contributed by atoms with Gasteiger partial charge in [0.15, 0.2) is 6.10 Å². The van der Waals surface area contributed by atoms with Crippen LogP contribution in [0.5, 0.6) is 5.75 Å². The molecule has 1 heterocycles. The normalized spacial score (nSPS) is 27.7. The number of carbonyl (C=O) groups is 1. The van der Waals surface area contributed by atoms with Crippen molar-refractivity contribution in [2.45, 2.75) is 56.6 Å². The van der Waals surface area contributed by atoms with Crippen molar-refractivity contribution in [3.8, 4) is 5.75 Å². The Morgan fingerprint density at radius 2 is 2.07 bits per heavy atom. The van der Waals surface area contributed by atoms with Gasteiger partial charge in [0.1, 0.15) is 24.1 Å². The molecule has 9 nitrogen and oxygen atoms in total. The van der Waals surface area contributed by atoms with Gasteiger partial charge in [-0.05, 0) is 30.7 Å². The monoisotopic (exact) mass is 385 g/mol. The highest BCUT2D eigenvalue weighted by Gasteiger charge is 2.51. The third-order valence-electron chi connectivity index (χ3n) is 5.12. The molecule has 1 aromatic carbocycles. The first-order valence-electron chi connectivity index (χ1n) is 8.77. The lowest BCUT2D eigenvalue weighted by atomic mass is 9.80. The van der Waals surface area contributed by atoms with Crippen LogP contribution >= 0.6 is 0 Å². The first kappa shape index (κ1) is 21.5.